The second kappa shape index (κ2) is 7.91. The summed E-state index contributed by atoms with van der Waals surface area (Å²) in [5.41, 5.74) is 3.54. The minimum atomic E-state index is -0.127. The Morgan fingerprint density at radius 2 is 1.72 bits per heavy atom. The van der Waals surface area contributed by atoms with Gasteiger partial charge in [-0.1, -0.05) is 6.07 Å². The van der Waals surface area contributed by atoms with E-state index in [4.69, 9.17) is 13.9 Å². The Morgan fingerprint density at radius 1 is 1.03 bits per heavy atom. The van der Waals surface area contributed by atoms with Crippen LogP contribution in [0.3, 0.4) is 0 Å². The van der Waals surface area contributed by atoms with Crippen molar-refractivity contribution in [3.05, 3.63) is 57.7 Å². The molecule has 4 rings (SSSR count). The lowest BCUT2D eigenvalue weighted by atomic mass is 9.87. The van der Waals surface area contributed by atoms with Gasteiger partial charge >= 0.3 is 0 Å². The maximum Gasteiger partial charge on any atom is 0.235 e. The van der Waals surface area contributed by atoms with Gasteiger partial charge in [0, 0.05) is 5.56 Å². The molecular weight excluding hydrogens is 366 g/mol. The molecular formula is C24H27NO4. The number of piperidine rings is 1. The third kappa shape index (κ3) is 3.62. The Balaban J connectivity index is 1.93. The topological polar surface area (TPSA) is 51.9 Å². The molecule has 0 N–H and O–H groups in total. The van der Waals surface area contributed by atoms with Gasteiger partial charge in [0.25, 0.3) is 0 Å². The van der Waals surface area contributed by atoms with Gasteiger partial charge in [0.2, 0.25) is 11.2 Å². The Hall–Kier alpha value is -2.79. The van der Waals surface area contributed by atoms with Crippen LogP contribution in [0.15, 0.2) is 45.6 Å². The Bertz CT molecular complexity index is 1080. The number of aryl methyl sites for hydroxylation is 1. The fourth-order valence-electron chi connectivity index (χ4n) is 4.20. The van der Waals surface area contributed by atoms with E-state index in [0.717, 1.165) is 48.4 Å². The lowest BCUT2D eigenvalue weighted by Gasteiger charge is -2.29. The highest BCUT2D eigenvalue weighted by atomic mass is 16.5. The highest BCUT2D eigenvalue weighted by Crippen LogP contribution is 2.37. The first-order valence-corrected chi connectivity index (χ1v) is 10.00. The predicted octanol–water partition coefficient (Wildman–Crippen LogP) is 4.59. The van der Waals surface area contributed by atoms with E-state index in [1.807, 2.05) is 37.3 Å². The van der Waals surface area contributed by atoms with Crippen molar-refractivity contribution in [2.24, 2.45) is 0 Å². The van der Waals surface area contributed by atoms with Gasteiger partial charge in [-0.2, -0.15) is 0 Å². The molecule has 1 aliphatic rings. The second-order valence-electron chi connectivity index (χ2n) is 7.83. The summed E-state index contributed by atoms with van der Waals surface area (Å²) in [4.78, 5) is 15.6. The Morgan fingerprint density at radius 3 is 2.34 bits per heavy atom. The molecule has 152 valence electrons. The average molecular weight is 393 g/mol. The Kier molecular flexibility index (Phi) is 5.33. The molecule has 1 aliphatic heterocycles. The summed E-state index contributed by atoms with van der Waals surface area (Å²) in [6.07, 6.45) is 2.12. The van der Waals surface area contributed by atoms with E-state index in [1.54, 1.807) is 7.11 Å². The molecule has 5 nitrogen and oxygen atoms in total. The molecule has 0 saturated carbocycles. The van der Waals surface area contributed by atoms with Crippen molar-refractivity contribution in [2.75, 3.05) is 34.4 Å². The highest BCUT2D eigenvalue weighted by molar-refractivity contribution is 5.85. The number of benzene rings is 2. The summed E-state index contributed by atoms with van der Waals surface area (Å²) in [6.45, 7) is 4.12. The number of ether oxygens (including phenoxy) is 2. The summed E-state index contributed by atoms with van der Waals surface area (Å²) in [5, 5.41) is 0.591. The first-order valence-electron chi connectivity index (χ1n) is 10.00. The molecule has 0 spiro atoms. The molecule has 0 aliphatic carbocycles. The molecule has 3 aromatic rings. The van der Waals surface area contributed by atoms with E-state index in [-0.39, 0.29) is 11.2 Å². The first kappa shape index (κ1) is 19.5. The summed E-state index contributed by atoms with van der Waals surface area (Å²) in [6, 6.07) is 11.5. The van der Waals surface area contributed by atoms with E-state index in [2.05, 4.69) is 18.0 Å². The number of hydrogen-bond donors (Lipinski definition) is 0. The monoisotopic (exact) mass is 393 g/mol. The van der Waals surface area contributed by atoms with Gasteiger partial charge in [-0.15, -0.1) is 0 Å². The van der Waals surface area contributed by atoms with Crippen molar-refractivity contribution in [3.63, 3.8) is 0 Å². The largest absolute Gasteiger partial charge is 0.497 e. The summed E-state index contributed by atoms with van der Waals surface area (Å²) in [5.74, 6) is 1.83. The van der Waals surface area contributed by atoms with Crippen LogP contribution < -0.4 is 14.9 Å². The molecule has 5 heteroatoms. The van der Waals surface area contributed by atoms with Crippen LogP contribution in [0.2, 0.25) is 0 Å². The van der Waals surface area contributed by atoms with E-state index in [0.29, 0.717) is 22.6 Å². The van der Waals surface area contributed by atoms with Gasteiger partial charge in [-0.05, 0) is 87.3 Å². The molecule has 0 amide bonds. The summed E-state index contributed by atoms with van der Waals surface area (Å²) < 4.78 is 17.1. The van der Waals surface area contributed by atoms with Crippen LogP contribution in [-0.4, -0.2) is 39.3 Å². The molecule has 0 unspecified atom stereocenters. The summed E-state index contributed by atoms with van der Waals surface area (Å²) in [7, 11) is 5.29. The smallest absolute Gasteiger partial charge is 0.235 e. The first-order chi connectivity index (χ1) is 14.0. The second-order valence-corrected chi connectivity index (χ2v) is 7.83. The zero-order chi connectivity index (χ0) is 20.5. The van der Waals surface area contributed by atoms with Crippen molar-refractivity contribution >= 4 is 11.0 Å². The number of rotatable bonds is 4. The molecule has 1 saturated heterocycles. The maximum absolute atomic E-state index is 13.3. The Labute approximate surface area is 170 Å². The fraction of sp³-hybridized carbons (Fsp3) is 0.375. The van der Waals surface area contributed by atoms with Crippen molar-refractivity contribution in [2.45, 2.75) is 25.7 Å². The van der Waals surface area contributed by atoms with Gasteiger partial charge in [-0.25, -0.2) is 0 Å². The SMILES string of the molecule is COc1ccc(-c2oc3c(C4CCN(C)CC4)cc(C)cc3c(=O)c2OC)cc1. The van der Waals surface area contributed by atoms with Crippen LogP contribution in [0.25, 0.3) is 22.3 Å². The van der Waals surface area contributed by atoms with Crippen molar-refractivity contribution in [1.82, 2.24) is 4.90 Å². The van der Waals surface area contributed by atoms with Crippen LogP contribution >= 0.6 is 0 Å². The molecule has 2 aromatic carbocycles. The van der Waals surface area contributed by atoms with Crippen LogP contribution in [0, 0.1) is 6.92 Å². The number of nitrogens with zero attached hydrogens (tertiary/aromatic N) is 1. The van der Waals surface area contributed by atoms with E-state index in [1.165, 1.54) is 7.11 Å². The quantitative estimate of drug-likeness (QED) is 0.649. The van der Waals surface area contributed by atoms with Gasteiger partial charge in [-0.3, -0.25) is 4.79 Å². The maximum atomic E-state index is 13.3. The number of hydrogen-bond acceptors (Lipinski definition) is 5. The number of fused-ring (bicyclic) bond motifs is 1. The average Bonchev–Trinajstić information content (AvgIpc) is 2.74. The summed E-state index contributed by atoms with van der Waals surface area (Å²) >= 11 is 0. The minimum absolute atomic E-state index is 0.127. The van der Waals surface area contributed by atoms with E-state index < -0.39 is 0 Å². The van der Waals surface area contributed by atoms with Gasteiger partial charge < -0.3 is 18.8 Å². The standard InChI is InChI=1S/C24H27NO4/c1-15-13-19(16-9-11-25(2)12-10-16)23-20(14-15)21(26)24(28-4)22(29-23)17-5-7-18(27-3)8-6-17/h5-8,13-14,16H,9-12H2,1-4H3. The minimum Gasteiger partial charge on any atom is -0.497 e. The highest BCUT2D eigenvalue weighted by Gasteiger charge is 2.25. The molecule has 0 atom stereocenters. The van der Waals surface area contributed by atoms with Gasteiger partial charge in [0.15, 0.2) is 5.76 Å². The van der Waals surface area contributed by atoms with Gasteiger partial charge in [0.05, 0.1) is 19.6 Å². The number of methoxy groups -OCH3 is 2. The van der Waals surface area contributed by atoms with Crippen LogP contribution in [0.4, 0.5) is 0 Å². The molecule has 2 heterocycles. The van der Waals surface area contributed by atoms with Crippen LogP contribution in [-0.2, 0) is 0 Å². The normalized spacial score (nSPS) is 15.6. The van der Waals surface area contributed by atoms with Crippen molar-refractivity contribution < 1.29 is 13.9 Å². The number of likely N-dealkylation sites (tertiary alicyclic amines) is 1. The zero-order valence-corrected chi connectivity index (χ0v) is 17.5. The third-order valence-corrected chi connectivity index (χ3v) is 5.84. The molecule has 1 fully saturated rings. The molecule has 0 bridgehead atoms. The lowest BCUT2D eigenvalue weighted by Crippen LogP contribution is -2.29. The van der Waals surface area contributed by atoms with Crippen LogP contribution in [0.1, 0.15) is 29.9 Å². The van der Waals surface area contributed by atoms with E-state index in [9.17, 15) is 4.79 Å². The van der Waals surface area contributed by atoms with Gasteiger partial charge in [0.1, 0.15) is 11.3 Å². The van der Waals surface area contributed by atoms with Crippen LogP contribution in [0.5, 0.6) is 11.5 Å². The fourth-order valence-corrected chi connectivity index (χ4v) is 4.20. The predicted molar refractivity (Wildman–Crippen MR) is 115 cm³/mol. The third-order valence-electron chi connectivity index (χ3n) is 5.84. The molecule has 0 radical (unpaired) electrons. The molecule has 1 aromatic heterocycles. The zero-order valence-electron chi connectivity index (χ0n) is 17.5. The molecule has 29 heavy (non-hydrogen) atoms. The lowest BCUT2D eigenvalue weighted by molar-refractivity contribution is 0.255. The van der Waals surface area contributed by atoms with Crippen molar-refractivity contribution in [3.8, 4) is 22.8 Å². The van der Waals surface area contributed by atoms with E-state index >= 15 is 0 Å². The van der Waals surface area contributed by atoms with Crippen molar-refractivity contribution in [1.29, 1.82) is 0 Å².